The van der Waals surface area contributed by atoms with Gasteiger partial charge in [0.25, 0.3) is 0 Å². The Kier molecular flexibility index (Phi) is 3.98. The first-order valence-electron chi connectivity index (χ1n) is 8.15. The van der Waals surface area contributed by atoms with Gasteiger partial charge in [-0.05, 0) is 17.7 Å². The lowest BCUT2D eigenvalue weighted by Gasteiger charge is -2.32. The summed E-state index contributed by atoms with van der Waals surface area (Å²) in [6.45, 7) is -1.47. The Bertz CT molecular complexity index is 1060. The zero-order valence-corrected chi connectivity index (χ0v) is 14.1. The average molecular weight is 387 g/mol. The molecule has 7 nitrogen and oxygen atoms in total. The average Bonchev–Trinajstić information content (AvgIpc) is 3.14. The van der Waals surface area contributed by atoms with Crippen LogP contribution >= 0.6 is 0 Å². The SMILES string of the molecule is NC(=O)c1ccccc1-c1cnc2c(c1)N(CC(F)(F)F)C(=O)C1C=NN=C21. The second-order valence-electron chi connectivity index (χ2n) is 6.27. The number of benzene rings is 1. The smallest absolute Gasteiger partial charge is 0.366 e. The largest absolute Gasteiger partial charge is 0.406 e. The van der Waals surface area contributed by atoms with Gasteiger partial charge in [0, 0.05) is 23.5 Å². The number of hydrogen-bond donors (Lipinski definition) is 1. The predicted octanol–water partition coefficient (Wildman–Crippen LogP) is 2.16. The summed E-state index contributed by atoms with van der Waals surface area (Å²) in [5.41, 5.74) is 6.63. The van der Waals surface area contributed by atoms with E-state index < -0.39 is 30.5 Å². The highest BCUT2D eigenvalue weighted by atomic mass is 19.4. The second-order valence-corrected chi connectivity index (χ2v) is 6.27. The molecule has 3 heterocycles. The van der Waals surface area contributed by atoms with Gasteiger partial charge in [0.15, 0.2) is 0 Å². The van der Waals surface area contributed by atoms with E-state index in [0.717, 1.165) is 0 Å². The number of hydrogen-bond acceptors (Lipinski definition) is 5. The van der Waals surface area contributed by atoms with Gasteiger partial charge in [-0.1, -0.05) is 18.2 Å². The van der Waals surface area contributed by atoms with E-state index in [9.17, 15) is 22.8 Å². The van der Waals surface area contributed by atoms with Crippen molar-refractivity contribution >= 4 is 29.4 Å². The van der Waals surface area contributed by atoms with Crippen LogP contribution in [0.5, 0.6) is 0 Å². The highest BCUT2D eigenvalue weighted by molar-refractivity contribution is 6.31. The summed E-state index contributed by atoms with van der Waals surface area (Å²) < 4.78 is 39.3. The van der Waals surface area contributed by atoms with E-state index >= 15 is 0 Å². The normalized spacial score (nSPS) is 18.0. The fourth-order valence-electron chi connectivity index (χ4n) is 3.25. The van der Waals surface area contributed by atoms with Crippen LogP contribution in [0.3, 0.4) is 0 Å². The zero-order valence-electron chi connectivity index (χ0n) is 14.1. The molecule has 0 aliphatic carbocycles. The summed E-state index contributed by atoms with van der Waals surface area (Å²) in [6, 6.07) is 7.75. The molecule has 142 valence electrons. The zero-order chi connectivity index (χ0) is 20.1. The molecule has 28 heavy (non-hydrogen) atoms. The third kappa shape index (κ3) is 2.92. The van der Waals surface area contributed by atoms with E-state index in [1.54, 1.807) is 18.2 Å². The van der Waals surface area contributed by atoms with Gasteiger partial charge in [-0.15, -0.1) is 0 Å². The van der Waals surface area contributed by atoms with Crippen LogP contribution in [-0.4, -0.2) is 41.4 Å². The molecule has 1 aromatic carbocycles. The van der Waals surface area contributed by atoms with Gasteiger partial charge in [-0.25, -0.2) is 0 Å². The number of carbonyl (C=O) groups excluding carboxylic acids is 2. The number of carbonyl (C=O) groups is 2. The third-order valence-corrected chi connectivity index (χ3v) is 4.45. The molecular formula is C18H12F3N5O2. The molecule has 2 aliphatic heterocycles. The standard InChI is InChI=1S/C18H12F3N5O2/c19-18(20,21)8-26-13-5-9(10-3-1-2-4-11(10)16(22)27)6-23-15(13)14-12(17(26)28)7-24-25-14/h1-7,12H,8H2,(H2,22,27). The minimum atomic E-state index is -4.61. The fraction of sp³-hybridized carbons (Fsp3) is 0.167. The molecule has 2 aliphatic rings. The molecule has 1 aromatic heterocycles. The molecule has 1 atom stereocenters. The van der Waals surface area contributed by atoms with E-state index in [-0.39, 0.29) is 22.7 Å². The summed E-state index contributed by atoms with van der Waals surface area (Å²) >= 11 is 0. The summed E-state index contributed by atoms with van der Waals surface area (Å²) in [7, 11) is 0. The van der Waals surface area contributed by atoms with Crippen LogP contribution in [0.25, 0.3) is 11.1 Å². The van der Waals surface area contributed by atoms with E-state index in [4.69, 9.17) is 5.73 Å². The second kappa shape index (κ2) is 6.25. The Hall–Kier alpha value is -3.56. The van der Waals surface area contributed by atoms with Gasteiger partial charge < -0.3 is 10.6 Å². The van der Waals surface area contributed by atoms with Crippen molar-refractivity contribution < 1.29 is 22.8 Å². The number of alkyl halides is 3. The number of primary amides is 1. The first-order chi connectivity index (χ1) is 13.3. The highest BCUT2D eigenvalue weighted by Gasteiger charge is 2.44. The number of amides is 2. The summed E-state index contributed by atoms with van der Waals surface area (Å²) in [5.74, 6) is -2.47. The number of aromatic nitrogens is 1. The lowest BCUT2D eigenvalue weighted by atomic mass is 9.92. The molecule has 0 fully saturated rings. The summed E-state index contributed by atoms with van der Waals surface area (Å²) in [6.07, 6.45) is -2.01. The lowest BCUT2D eigenvalue weighted by molar-refractivity contribution is -0.132. The number of nitrogens with zero attached hydrogens (tertiary/aromatic N) is 4. The van der Waals surface area contributed by atoms with E-state index in [2.05, 4.69) is 15.2 Å². The summed E-state index contributed by atoms with van der Waals surface area (Å²) in [5, 5.41) is 7.51. The maximum atomic E-state index is 13.1. The van der Waals surface area contributed by atoms with E-state index in [1.807, 2.05) is 0 Å². The number of pyridine rings is 1. The minimum absolute atomic E-state index is 0.0420. The Labute approximate surface area is 156 Å². The van der Waals surface area contributed by atoms with Crippen molar-refractivity contribution in [1.29, 1.82) is 0 Å². The van der Waals surface area contributed by atoms with Crippen molar-refractivity contribution in [2.45, 2.75) is 6.18 Å². The van der Waals surface area contributed by atoms with Crippen LogP contribution in [0.4, 0.5) is 18.9 Å². The first kappa shape index (κ1) is 17.8. The molecule has 2 N–H and O–H groups in total. The topological polar surface area (TPSA) is 101 Å². The van der Waals surface area contributed by atoms with Gasteiger partial charge in [-0.2, -0.15) is 23.4 Å². The number of nitrogens with two attached hydrogens (primary N) is 1. The molecule has 4 rings (SSSR count). The van der Waals surface area contributed by atoms with E-state index in [0.29, 0.717) is 16.0 Å². The number of anilines is 1. The molecule has 0 spiro atoms. The fourth-order valence-corrected chi connectivity index (χ4v) is 3.25. The third-order valence-electron chi connectivity index (χ3n) is 4.45. The summed E-state index contributed by atoms with van der Waals surface area (Å²) in [4.78, 5) is 29.2. The van der Waals surface area contributed by atoms with Crippen LogP contribution < -0.4 is 10.6 Å². The molecular weight excluding hydrogens is 375 g/mol. The molecule has 10 heteroatoms. The number of halogens is 3. The Morgan fingerprint density at radius 2 is 2.00 bits per heavy atom. The molecule has 2 amide bonds. The Balaban J connectivity index is 1.89. The lowest BCUT2D eigenvalue weighted by Crippen LogP contribution is -2.48. The van der Waals surface area contributed by atoms with Crippen molar-refractivity contribution in [3.05, 3.63) is 47.8 Å². The molecule has 0 bridgehead atoms. The van der Waals surface area contributed by atoms with Gasteiger partial charge in [-0.3, -0.25) is 14.6 Å². The quantitative estimate of drug-likeness (QED) is 0.873. The van der Waals surface area contributed by atoms with Crippen molar-refractivity contribution in [2.75, 3.05) is 11.4 Å². The van der Waals surface area contributed by atoms with Crippen LogP contribution in [0.15, 0.2) is 46.7 Å². The Morgan fingerprint density at radius 1 is 1.25 bits per heavy atom. The predicted molar refractivity (Wildman–Crippen MR) is 95.1 cm³/mol. The van der Waals surface area contributed by atoms with Crippen molar-refractivity contribution in [2.24, 2.45) is 21.9 Å². The van der Waals surface area contributed by atoms with Crippen LogP contribution in [0.2, 0.25) is 0 Å². The maximum absolute atomic E-state index is 13.1. The van der Waals surface area contributed by atoms with Crippen LogP contribution in [0.1, 0.15) is 16.1 Å². The highest BCUT2D eigenvalue weighted by Crippen LogP contribution is 2.36. The van der Waals surface area contributed by atoms with E-state index in [1.165, 1.54) is 24.5 Å². The van der Waals surface area contributed by atoms with Crippen molar-refractivity contribution in [3.8, 4) is 11.1 Å². The molecule has 0 saturated heterocycles. The van der Waals surface area contributed by atoms with Crippen LogP contribution in [-0.2, 0) is 4.79 Å². The van der Waals surface area contributed by atoms with Gasteiger partial charge in [0.1, 0.15) is 23.9 Å². The van der Waals surface area contributed by atoms with Gasteiger partial charge in [0.05, 0.1) is 5.69 Å². The Morgan fingerprint density at radius 3 is 2.71 bits per heavy atom. The molecule has 0 radical (unpaired) electrons. The molecule has 0 saturated carbocycles. The van der Waals surface area contributed by atoms with Gasteiger partial charge >= 0.3 is 6.18 Å². The van der Waals surface area contributed by atoms with Crippen LogP contribution in [0, 0.1) is 5.92 Å². The molecule has 2 aromatic rings. The van der Waals surface area contributed by atoms with Crippen molar-refractivity contribution in [1.82, 2.24) is 4.98 Å². The van der Waals surface area contributed by atoms with Crippen molar-refractivity contribution in [3.63, 3.8) is 0 Å². The number of fused-ring (bicyclic) bond motifs is 3. The van der Waals surface area contributed by atoms with Gasteiger partial charge in [0.2, 0.25) is 11.8 Å². The first-order valence-corrected chi connectivity index (χ1v) is 8.15. The molecule has 1 unspecified atom stereocenters. The number of rotatable bonds is 3. The maximum Gasteiger partial charge on any atom is 0.406 e. The monoisotopic (exact) mass is 387 g/mol. The minimum Gasteiger partial charge on any atom is -0.366 e.